The van der Waals surface area contributed by atoms with Crippen molar-refractivity contribution in [3.8, 4) is 17.2 Å². The van der Waals surface area contributed by atoms with Crippen molar-refractivity contribution in [3.05, 3.63) is 53.6 Å². The molecular weight excluding hydrogens is 478 g/mol. The van der Waals surface area contributed by atoms with E-state index in [-0.39, 0.29) is 18.4 Å². The molecular formula is C29H44ClNO5. The first kappa shape index (κ1) is 31.6. The molecule has 0 spiro atoms. The number of hydrogen-bond donors (Lipinski definition) is 0. The van der Waals surface area contributed by atoms with Crippen LogP contribution in [-0.4, -0.2) is 56.4 Å². The number of carbonyl (C=O) groups is 1. The van der Waals surface area contributed by atoms with Gasteiger partial charge in [0, 0.05) is 6.04 Å². The fraction of sp³-hybridized carbons (Fsp3) is 0.552. The Bertz CT molecular complexity index is 850. The molecule has 0 aliphatic heterocycles. The van der Waals surface area contributed by atoms with Crippen LogP contribution in [-0.2, 0) is 11.2 Å². The molecule has 2 rings (SSSR count). The molecule has 7 heteroatoms. The summed E-state index contributed by atoms with van der Waals surface area (Å²) in [7, 11) is 0. The van der Waals surface area contributed by atoms with Crippen LogP contribution in [0.15, 0.2) is 42.5 Å². The summed E-state index contributed by atoms with van der Waals surface area (Å²) in [6, 6.07) is 14.4. The zero-order valence-corrected chi connectivity index (χ0v) is 23.4. The lowest BCUT2D eigenvalue weighted by Crippen LogP contribution is -2.36. The summed E-state index contributed by atoms with van der Waals surface area (Å²) in [5.41, 5.74) is 1.77. The summed E-state index contributed by atoms with van der Waals surface area (Å²) < 4.78 is 22.7. The number of hydrogen-bond acceptors (Lipinski definition) is 6. The number of halogens is 1. The standard InChI is InChI=1S/C29H43NO5.ClH/c1-6-17-30(23(5)20-24-15-11-10-12-16-24)18-13-14-19-35-29(31)25-21-26(32-7-2)28(34-9-4)27(22-25)33-8-3;/h10-12,15-16,21-23H,6-9,13-14,17-20H2,1-5H3;1H. The van der Waals surface area contributed by atoms with Crippen LogP contribution in [0.3, 0.4) is 0 Å². The van der Waals surface area contributed by atoms with Crippen LogP contribution in [0.2, 0.25) is 0 Å². The van der Waals surface area contributed by atoms with Crippen molar-refractivity contribution in [2.24, 2.45) is 0 Å². The van der Waals surface area contributed by atoms with Crippen LogP contribution in [0.4, 0.5) is 0 Å². The molecule has 0 N–H and O–H groups in total. The Balaban J connectivity index is 0.00000648. The Morgan fingerprint density at radius 3 is 2.03 bits per heavy atom. The van der Waals surface area contributed by atoms with Crippen LogP contribution >= 0.6 is 12.4 Å². The first-order valence-electron chi connectivity index (χ1n) is 13.0. The lowest BCUT2D eigenvalue weighted by atomic mass is 10.1. The van der Waals surface area contributed by atoms with Crippen LogP contribution < -0.4 is 14.2 Å². The second kappa shape index (κ2) is 17.9. The number of esters is 1. The SMILES string of the molecule is CCCN(CCCCOC(=O)c1cc(OCC)c(OCC)c(OCC)c1)C(C)Cc1ccccc1.Cl. The van der Waals surface area contributed by atoms with Gasteiger partial charge in [0.25, 0.3) is 0 Å². The second-order valence-corrected chi connectivity index (χ2v) is 8.52. The van der Waals surface area contributed by atoms with Crippen LogP contribution in [0.25, 0.3) is 0 Å². The van der Waals surface area contributed by atoms with Gasteiger partial charge in [-0.15, -0.1) is 12.4 Å². The molecule has 0 amide bonds. The molecule has 1 unspecified atom stereocenters. The lowest BCUT2D eigenvalue weighted by molar-refractivity contribution is 0.0492. The Hall–Kier alpha value is -2.44. The van der Waals surface area contributed by atoms with Crippen molar-refractivity contribution in [2.45, 2.75) is 66.3 Å². The van der Waals surface area contributed by atoms with Crippen molar-refractivity contribution in [1.82, 2.24) is 4.90 Å². The van der Waals surface area contributed by atoms with Crippen LogP contribution in [0.5, 0.6) is 17.2 Å². The lowest BCUT2D eigenvalue weighted by Gasteiger charge is -2.29. The van der Waals surface area contributed by atoms with Gasteiger partial charge < -0.3 is 23.8 Å². The van der Waals surface area contributed by atoms with Gasteiger partial charge in [-0.2, -0.15) is 0 Å². The maximum absolute atomic E-state index is 12.8. The molecule has 0 fully saturated rings. The van der Waals surface area contributed by atoms with E-state index in [0.29, 0.717) is 55.3 Å². The Morgan fingerprint density at radius 1 is 0.861 bits per heavy atom. The average Bonchev–Trinajstić information content (AvgIpc) is 2.85. The molecule has 6 nitrogen and oxygen atoms in total. The van der Waals surface area contributed by atoms with E-state index in [9.17, 15) is 4.79 Å². The van der Waals surface area contributed by atoms with Gasteiger partial charge in [-0.1, -0.05) is 37.3 Å². The largest absolute Gasteiger partial charge is 0.490 e. The first-order valence-corrected chi connectivity index (χ1v) is 13.0. The minimum Gasteiger partial charge on any atom is -0.490 e. The third-order valence-corrected chi connectivity index (χ3v) is 5.73. The zero-order valence-electron chi connectivity index (χ0n) is 22.6. The fourth-order valence-electron chi connectivity index (χ4n) is 4.10. The molecule has 0 saturated heterocycles. The molecule has 2 aromatic rings. The van der Waals surface area contributed by atoms with E-state index in [1.165, 1.54) is 5.56 Å². The number of ether oxygens (including phenoxy) is 4. The van der Waals surface area contributed by atoms with E-state index in [0.717, 1.165) is 38.8 Å². The summed E-state index contributed by atoms with van der Waals surface area (Å²) in [6.45, 7) is 14.0. The van der Waals surface area contributed by atoms with Gasteiger partial charge in [0.15, 0.2) is 11.5 Å². The fourth-order valence-corrected chi connectivity index (χ4v) is 4.10. The highest BCUT2D eigenvalue weighted by Gasteiger charge is 2.19. The molecule has 0 heterocycles. The number of benzene rings is 2. The average molecular weight is 522 g/mol. The number of nitrogens with zero attached hydrogens (tertiary/aromatic N) is 1. The molecule has 0 aliphatic carbocycles. The van der Waals surface area contributed by atoms with Crippen molar-refractivity contribution in [2.75, 3.05) is 39.5 Å². The molecule has 0 aromatic heterocycles. The summed E-state index contributed by atoms with van der Waals surface area (Å²) in [5, 5.41) is 0. The Labute approximate surface area is 223 Å². The molecule has 36 heavy (non-hydrogen) atoms. The monoisotopic (exact) mass is 521 g/mol. The van der Waals surface area contributed by atoms with Gasteiger partial charge in [-0.3, -0.25) is 0 Å². The third-order valence-electron chi connectivity index (χ3n) is 5.73. The highest BCUT2D eigenvalue weighted by molar-refractivity contribution is 5.91. The van der Waals surface area contributed by atoms with Gasteiger partial charge in [-0.25, -0.2) is 4.79 Å². The maximum atomic E-state index is 12.8. The van der Waals surface area contributed by atoms with Crippen molar-refractivity contribution >= 4 is 18.4 Å². The van der Waals surface area contributed by atoms with E-state index in [1.807, 2.05) is 20.8 Å². The molecule has 202 valence electrons. The van der Waals surface area contributed by atoms with E-state index in [1.54, 1.807) is 12.1 Å². The van der Waals surface area contributed by atoms with Gasteiger partial charge in [0.1, 0.15) is 0 Å². The highest BCUT2D eigenvalue weighted by atomic mass is 35.5. The third kappa shape index (κ3) is 10.3. The van der Waals surface area contributed by atoms with Crippen molar-refractivity contribution in [1.29, 1.82) is 0 Å². The van der Waals surface area contributed by atoms with Crippen LogP contribution in [0, 0.1) is 0 Å². The van der Waals surface area contributed by atoms with E-state index < -0.39 is 0 Å². The minimum atomic E-state index is -0.377. The predicted octanol–water partition coefficient (Wildman–Crippen LogP) is 6.58. The summed E-state index contributed by atoms with van der Waals surface area (Å²) >= 11 is 0. The van der Waals surface area contributed by atoms with Gasteiger partial charge in [0.05, 0.1) is 32.0 Å². The molecule has 0 aliphatic rings. The van der Waals surface area contributed by atoms with Crippen molar-refractivity contribution in [3.63, 3.8) is 0 Å². The maximum Gasteiger partial charge on any atom is 0.338 e. The quantitative estimate of drug-likeness (QED) is 0.173. The first-order chi connectivity index (χ1) is 17.0. The summed E-state index contributed by atoms with van der Waals surface area (Å²) in [4.78, 5) is 15.3. The van der Waals surface area contributed by atoms with E-state index in [4.69, 9.17) is 18.9 Å². The highest BCUT2D eigenvalue weighted by Crippen LogP contribution is 2.39. The normalized spacial score (nSPS) is 11.5. The van der Waals surface area contributed by atoms with Gasteiger partial charge in [-0.05, 0) is 84.2 Å². The molecule has 1 atom stereocenters. The Morgan fingerprint density at radius 2 is 1.47 bits per heavy atom. The summed E-state index contributed by atoms with van der Waals surface area (Å²) in [5.74, 6) is 1.14. The van der Waals surface area contributed by atoms with Gasteiger partial charge in [0.2, 0.25) is 5.75 Å². The number of carbonyl (C=O) groups excluding carboxylic acids is 1. The molecule has 0 bridgehead atoms. The minimum absolute atomic E-state index is 0. The molecule has 0 saturated carbocycles. The van der Waals surface area contributed by atoms with E-state index >= 15 is 0 Å². The number of unbranched alkanes of at least 4 members (excludes halogenated alkanes) is 1. The molecule has 0 radical (unpaired) electrons. The van der Waals surface area contributed by atoms with Crippen molar-refractivity contribution < 1.29 is 23.7 Å². The topological polar surface area (TPSA) is 57.2 Å². The summed E-state index contributed by atoms with van der Waals surface area (Å²) in [6.07, 6.45) is 3.95. The second-order valence-electron chi connectivity index (χ2n) is 8.52. The van der Waals surface area contributed by atoms with Crippen LogP contribution in [0.1, 0.15) is 69.8 Å². The number of rotatable bonds is 17. The van der Waals surface area contributed by atoms with E-state index in [2.05, 4.69) is 49.1 Å². The van der Waals surface area contributed by atoms with Gasteiger partial charge >= 0.3 is 5.97 Å². The zero-order chi connectivity index (χ0) is 25.5. The Kier molecular flexibility index (Phi) is 15.7. The predicted molar refractivity (Wildman–Crippen MR) is 148 cm³/mol. The smallest absolute Gasteiger partial charge is 0.338 e. The molecule has 2 aromatic carbocycles.